The van der Waals surface area contributed by atoms with Gasteiger partial charge in [-0.1, -0.05) is 40.5 Å². The number of esters is 1. The highest BCUT2D eigenvalue weighted by molar-refractivity contribution is 6.07. The van der Waals surface area contributed by atoms with E-state index in [1.807, 2.05) is 6.92 Å². The summed E-state index contributed by atoms with van der Waals surface area (Å²) in [5, 5.41) is 9.93. The summed E-state index contributed by atoms with van der Waals surface area (Å²) < 4.78 is 13.0. The largest absolute Gasteiger partial charge is 0.455 e. The molecule has 1 N–H and O–H groups in total. The van der Waals surface area contributed by atoms with E-state index in [0.29, 0.717) is 12.3 Å². The fraction of sp³-hybridized carbons (Fsp3) is 0.917. The van der Waals surface area contributed by atoms with Gasteiger partial charge in [-0.3, -0.25) is 9.59 Å². The van der Waals surface area contributed by atoms with Crippen molar-refractivity contribution in [2.24, 2.45) is 40.9 Å². The highest BCUT2D eigenvalue weighted by Crippen LogP contribution is 2.59. The summed E-state index contributed by atoms with van der Waals surface area (Å²) in [7, 11) is 0. The van der Waals surface area contributed by atoms with Crippen LogP contribution in [0.1, 0.15) is 73.1 Å². The van der Waals surface area contributed by atoms with Crippen LogP contribution in [0.4, 0.5) is 0 Å². The lowest BCUT2D eigenvalue weighted by Crippen LogP contribution is -2.63. The van der Waals surface area contributed by atoms with E-state index in [0.717, 1.165) is 32.1 Å². The molecule has 1 saturated carbocycles. The summed E-state index contributed by atoms with van der Waals surface area (Å²) in [6.07, 6.45) is 5.04. The zero-order valence-electron chi connectivity index (χ0n) is 18.6. The molecule has 0 unspecified atom stereocenters. The van der Waals surface area contributed by atoms with Crippen molar-refractivity contribution in [2.45, 2.75) is 91.0 Å². The molecule has 1 spiro atoms. The molecule has 4 aliphatic rings. The quantitative estimate of drug-likeness (QED) is 0.530. The highest BCUT2D eigenvalue weighted by atomic mass is 16.6. The minimum atomic E-state index is -1.21. The van der Waals surface area contributed by atoms with E-state index in [1.54, 1.807) is 6.92 Å². The smallest absolute Gasteiger partial charge is 0.322 e. The summed E-state index contributed by atoms with van der Waals surface area (Å²) in [6, 6.07) is 0. The van der Waals surface area contributed by atoms with Crippen molar-refractivity contribution in [1.82, 2.24) is 0 Å². The van der Waals surface area contributed by atoms with E-state index in [-0.39, 0.29) is 48.1 Å². The average Bonchev–Trinajstić information content (AvgIpc) is 2.86. The second-order valence-electron chi connectivity index (χ2n) is 11.0. The molecule has 1 aliphatic carbocycles. The van der Waals surface area contributed by atoms with Gasteiger partial charge in [-0.05, 0) is 56.3 Å². The Bertz CT molecular complexity index is 676. The molecule has 0 radical (unpaired) electrons. The number of aliphatic hydroxyl groups is 1. The van der Waals surface area contributed by atoms with Gasteiger partial charge in [0.2, 0.25) is 0 Å². The van der Waals surface area contributed by atoms with Crippen LogP contribution in [0.15, 0.2) is 0 Å². The van der Waals surface area contributed by atoms with Gasteiger partial charge in [0.15, 0.2) is 11.2 Å². The number of ether oxygens (including phenoxy) is 2. The molecule has 29 heavy (non-hydrogen) atoms. The van der Waals surface area contributed by atoms with Crippen molar-refractivity contribution in [3.8, 4) is 0 Å². The third-order valence-corrected chi connectivity index (χ3v) is 8.93. The number of Topliss-reactive ketones (excluding diaryl/α,β-unsaturated/α-hetero) is 1. The topological polar surface area (TPSA) is 72.8 Å². The van der Waals surface area contributed by atoms with Gasteiger partial charge in [0, 0.05) is 18.4 Å². The van der Waals surface area contributed by atoms with Crippen LogP contribution in [-0.2, 0) is 19.1 Å². The van der Waals surface area contributed by atoms with Crippen molar-refractivity contribution in [2.75, 3.05) is 6.61 Å². The lowest BCUT2D eigenvalue weighted by molar-refractivity contribution is -0.212. The average molecular weight is 407 g/mol. The van der Waals surface area contributed by atoms with Crippen LogP contribution in [-0.4, -0.2) is 41.3 Å². The number of carbonyl (C=O) groups excluding carboxylic acids is 2. The van der Waals surface area contributed by atoms with Gasteiger partial charge < -0.3 is 14.6 Å². The number of hydrogen-bond donors (Lipinski definition) is 1. The summed E-state index contributed by atoms with van der Waals surface area (Å²) in [5.41, 5.74) is -1.95. The second-order valence-corrected chi connectivity index (χ2v) is 11.0. The molecule has 3 saturated heterocycles. The number of carbonyl (C=O) groups is 2. The number of ketones is 1. The Kier molecular flexibility index (Phi) is 5.39. The first kappa shape index (κ1) is 21.3. The Morgan fingerprint density at radius 3 is 2.48 bits per heavy atom. The molecule has 4 rings (SSSR count). The van der Waals surface area contributed by atoms with Gasteiger partial charge >= 0.3 is 5.97 Å². The SMILES string of the molecule is C[C@@H]1CCC[C@H]2C[C@H](CO)[C@@H](C)C[C@]23OC(=O)[C@@]2(C)C(=O)[C@@H](C)[C@H](O[C@H]23)[C@H](C)C1. The summed E-state index contributed by atoms with van der Waals surface area (Å²) in [5.74, 6) is 0.725. The van der Waals surface area contributed by atoms with Crippen LogP contribution < -0.4 is 0 Å². The monoisotopic (exact) mass is 406 g/mol. The van der Waals surface area contributed by atoms with Crippen molar-refractivity contribution < 1.29 is 24.2 Å². The fourth-order valence-corrected chi connectivity index (χ4v) is 7.23. The Morgan fingerprint density at radius 2 is 1.79 bits per heavy atom. The normalized spacial score (nSPS) is 53.0. The maximum absolute atomic E-state index is 13.6. The molecule has 5 heteroatoms. The van der Waals surface area contributed by atoms with E-state index < -0.39 is 23.1 Å². The zero-order valence-corrected chi connectivity index (χ0v) is 18.6. The Labute approximate surface area is 174 Å². The van der Waals surface area contributed by atoms with Gasteiger partial charge in [0.1, 0.15) is 11.7 Å². The van der Waals surface area contributed by atoms with Gasteiger partial charge in [-0.25, -0.2) is 0 Å². The molecule has 4 fully saturated rings. The van der Waals surface area contributed by atoms with Crippen molar-refractivity contribution >= 4 is 11.8 Å². The van der Waals surface area contributed by atoms with E-state index in [4.69, 9.17) is 9.47 Å². The first-order valence-corrected chi connectivity index (χ1v) is 11.7. The number of aliphatic hydroxyl groups excluding tert-OH is 1. The Morgan fingerprint density at radius 1 is 1.07 bits per heavy atom. The summed E-state index contributed by atoms with van der Waals surface area (Å²) in [4.78, 5) is 26.8. The van der Waals surface area contributed by atoms with Gasteiger partial charge in [0.05, 0.1) is 6.10 Å². The van der Waals surface area contributed by atoms with E-state index in [2.05, 4.69) is 20.8 Å². The van der Waals surface area contributed by atoms with Gasteiger partial charge in [-0.2, -0.15) is 0 Å². The van der Waals surface area contributed by atoms with Crippen LogP contribution >= 0.6 is 0 Å². The molecular formula is C24H38O5. The maximum Gasteiger partial charge on any atom is 0.322 e. The Balaban J connectivity index is 1.82. The summed E-state index contributed by atoms with van der Waals surface area (Å²) >= 11 is 0. The van der Waals surface area contributed by atoms with Crippen LogP contribution in [0.25, 0.3) is 0 Å². The lowest BCUT2D eigenvalue weighted by Gasteiger charge is -2.52. The van der Waals surface area contributed by atoms with Crippen molar-refractivity contribution in [3.63, 3.8) is 0 Å². The second kappa shape index (κ2) is 7.33. The van der Waals surface area contributed by atoms with Crippen LogP contribution in [0.3, 0.4) is 0 Å². The lowest BCUT2D eigenvalue weighted by atomic mass is 9.58. The molecule has 3 aliphatic heterocycles. The van der Waals surface area contributed by atoms with Crippen LogP contribution in [0.2, 0.25) is 0 Å². The molecule has 164 valence electrons. The third kappa shape index (κ3) is 3.02. The van der Waals surface area contributed by atoms with E-state index in [1.165, 1.54) is 0 Å². The first-order valence-electron chi connectivity index (χ1n) is 11.7. The molecule has 0 amide bonds. The Hall–Kier alpha value is -0.940. The molecule has 0 aromatic heterocycles. The fourth-order valence-electron chi connectivity index (χ4n) is 7.23. The van der Waals surface area contributed by atoms with Crippen molar-refractivity contribution in [3.05, 3.63) is 0 Å². The van der Waals surface area contributed by atoms with Crippen molar-refractivity contribution in [1.29, 1.82) is 0 Å². The van der Waals surface area contributed by atoms with Crippen LogP contribution in [0.5, 0.6) is 0 Å². The number of rotatable bonds is 1. The predicted molar refractivity (Wildman–Crippen MR) is 109 cm³/mol. The van der Waals surface area contributed by atoms with E-state index in [9.17, 15) is 14.7 Å². The molecule has 3 heterocycles. The molecule has 2 bridgehead atoms. The molecule has 0 aromatic carbocycles. The molecule has 0 aromatic rings. The zero-order chi connectivity index (χ0) is 21.1. The molecular weight excluding hydrogens is 368 g/mol. The van der Waals surface area contributed by atoms with Crippen LogP contribution in [0, 0.1) is 40.9 Å². The predicted octanol–water partition coefficient (Wildman–Crippen LogP) is 3.76. The summed E-state index contributed by atoms with van der Waals surface area (Å²) in [6.45, 7) is 10.5. The number of fused-ring (bicyclic) bond motifs is 1. The number of hydrogen-bond acceptors (Lipinski definition) is 5. The van der Waals surface area contributed by atoms with Gasteiger partial charge in [-0.15, -0.1) is 0 Å². The van der Waals surface area contributed by atoms with Gasteiger partial charge in [0.25, 0.3) is 0 Å². The highest BCUT2D eigenvalue weighted by Gasteiger charge is 2.73. The third-order valence-electron chi connectivity index (χ3n) is 8.93. The maximum atomic E-state index is 13.6. The molecule has 5 nitrogen and oxygen atoms in total. The minimum absolute atomic E-state index is 0.00457. The minimum Gasteiger partial charge on any atom is -0.455 e. The standard InChI is InChI=1S/C24H38O5/c1-13-7-6-8-18-10-17(12-25)15(3)11-24(18)21-23(5,22(27)29-24)20(26)16(4)19(28-21)14(2)9-13/h13-19,21,25H,6-12H2,1-5H3/t13-,14-,15+,16+,17-,18+,19-,21-,23+,24+/m1/s1. The first-order chi connectivity index (χ1) is 13.6. The molecule has 10 atom stereocenters. The van der Waals surface area contributed by atoms with E-state index >= 15 is 0 Å².